The lowest BCUT2D eigenvalue weighted by molar-refractivity contribution is -0.137. The molecule has 2 aromatic carbocycles. The van der Waals surface area contributed by atoms with Crippen LogP contribution >= 0.6 is 11.6 Å². The number of hydrogen-bond donors (Lipinski definition) is 1. The molecular formula is C18H19ClF3NO. The Bertz CT molecular complexity index is 626. The minimum atomic E-state index is -4.35. The van der Waals surface area contributed by atoms with Crippen LogP contribution in [0.4, 0.5) is 13.2 Å². The van der Waals surface area contributed by atoms with E-state index in [1.165, 1.54) is 12.1 Å². The smallest absolute Gasteiger partial charge is 0.416 e. The molecule has 0 fully saturated rings. The van der Waals surface area contributed by atoms with Gasteiger partial charge in [-0.25, -0.2) is 0 Å². The highest BCUT2D eigenvalue weighted by atomic mass is 35.5. The second-order valence-electron chi connectivity index (χ2n) is 5.43. The Hall–Kier alpha value is -1.72. The van der Waals surface area contributed by atoms with E-state index in [1.54, 1.807) is 12.1 Å². The van der Waals surface area contributed by atoms with E-state index in [2.05, 4.69) is 5.32 Å². The van der Waals surface area contributed by atoms with Gasteiger partial charge in [-0.2, -0.15) is 13.2 Å². The summed E-state index contributed by atoms with van der Waals surface area (Å²) in [6, 6.07) is 12.1. The first-order valence-electron chi connectivity index (χ1n) is 7.64. The van der Waals surface area contributed by atoms with E-state index in [4.69, 9.17) is 16.3 Å². The van der Waals surface area contributed by atoms with Crippen molar-refractivity contribution in [1.82, 2.24) is 5.32 Å². The zero-order valence-electron chi connectivity index (χ0n) is 13.2. The average molecular weight is 358 g/mol. The van der Waals surface area contributed by atoms with Gasteiger partial charge in [0.05, 0.1) is 5.56 Å². The number of hydrogen-bond acceptors (Lipinski definition) is 2. The summed E-state index contributed by atoms with van der Waals surface area (Å²) in [6.45, 7) is 0.834. The maximum absolute atomic E-state index is 12.6. The predicted octanol–water partition coefficient (Wildman–Crippen LogP) is 5.48. The van der Waals surface area contributed by atoms with Gasteiger partial charge in [-0.15, -0.1) is 0 Å². The normalized spacial score (nSPS) is 12.9. The highest BCUT2D eigenvalue weighted by Gasteiger charge is 2.30. The van der Waals surface area contributed by atoms with Crippen LogP contribution in [0.1, 0.15) is 30.1 Å². The number of benzene rings is 2. The summed E-state index contributed by atoms with van der Waals surface area (Å²) in [5.74, 6) is 0.410. The fraction of sp³-hybridized carbons (Fsp3) is 0.333. The molecule has 1 N–H and O–H groups in total. The summed E-state index contributed by atoms with van der Waals surface area (Å²) in [5.41, 5.74) is 0.253. The molecule has 2 aromatic rings. The van der Waals surface area contributed by atoms with E-state index >= 15 is 0 Å². The minimum absolute atomic E-state index is 0.243. The van der Waals surface area contributed by atoms with Crippen LogP contribution in [-0.2, 0) is 6.18 Å². The maximum atomic E-state index is 12.6. The fourth-order valence-electron chi connectivity index (χ4n) is 2.32. The summed E-state index contributed by atoms with van der Waals surface area (Å²) in [7, 11) is 1.87. The van der Waals surface area contributed by atoms with Crippen LogP contribution in [0.5, 0.6) is 5.75 Å². The molecule has 0 heterocycles. The van der Waals surface area contributed by atoms with Gasteiger partial charge in [0.25, 0.3) is 0 Å². The first kappa shape index (κ1) is 18.6. The van der Waals surface area contributed by atoms with Crippen molar-refractivity contribution < 1.29 is 17.9 Å². The van der Waals surface area contributed by atoms with E-state index in [9.17, 15) is 13.2 Å². The van der Waals surface area contributed by atoms with Crippen molar-refractivity contribution in [3.8, 4) is 5.75 Å². The Balaban J connectivity index is 2.13. The second-order valence-corrected chi connectivity index (χ2v) is 5.86. The first-order chi connectivity index (χ1) is 11.4. The third-order valence-electron chi connectivity index (χ3n) is 3.59. The van der Waals surface area contributed by atoms with Crippen molar-refractivity contribution in [2.75, 3.05) is 13.6 Å². The van der Waals surface area contributed by atoms with Crippen LogP contribution in [-0.4, -0.2) is 13.6 Å². The molecule has 0 bridgehead atoms. The number of rotatable bonds is 7. The van der Waals surface area contributed by atoms with Gasteiger partial charge in [-0.1, -0.05) is 23.7 Å². The maximum Gasteiger partial charge on any atom is 0.416 e. The van der Waals surface area contributed by atoms with Gasteiger partial charge in [0.1, 0.15) is 11.9 Å². The average Bonchev–Trinajstić information content (AvgIpc) is 2.54. The van der Waals surface area contributed by atoms with Crippen molar-refractivity contribution in [3.05, 3.63) is 64.7 Å². The van der Waals surface area contributed by atoms with Gasteiger partial charge in [0.2, 0.25) is 0 Å². The summed E-state index contributed by atoms with van der Waals surface area (Å²) < 4.78 is 43.8. The van der Waals surface area contributed by atoms with E-state index in [1.807, 2.05) is 19.2 Å². The molecular weight excluding hydrogens is 339 g/mol. The molecule has 1 unspecified atom stereocenters. The van der Waals surface area contributed by atoms with E-state index in [-0.39, 0.29) is 6.10 Å². The van der Waals surface area contributed by atoms with E-state index < -0.39 is 11.7 Å². The molecule has 0 amide bonds. The molecule has 2 rings (SSSR count). The number of ether oxygens (including phenoxy) is 1. The van der Waals surface area contributed by atoms with Gasteiger partial charge >= 0.3 is 6.18 Å². The zero-order chi connectivity index (χ0) is 17.6. The highest BCUT2D eigenvalue weighted by Crippen LogP contribution is 2.32. The molecule has 6 heteroatoms. The third kappa shape index (κ3) is 5.42. The molecule has 0 saturated heterocycles. The molecule has 0 saturated carbocycles. The topological polar surface area (TPSA) is 21.3 Å². The summed E-state index contributed by atoms with van der Waals surface area (Å²) in [5, 5.41) is 3.70. The summed E-state index contributed by atoms with van der Waals surface area (Å²) in [4.78, 5) is 0. The largest absolute Gasteiger partial charge is 0.486 e. The molecule has 130 valence electrons. The monoisotopic (exact) mass is 357 g/mol. The van der Waals surface area contributed by atoms with Crippen molar-refractivity contribution >= 4 is 11.6 Å². The molecule has 0 aromatic heterocycles. The number of nitrogens with one attached hydrogen (secondary N) is 1. The quantitative estimate of drug-likeness (QED) is 0.662. The third-order valence-corrected chi connectivity index (χ3v) is 3.85. The fourth-order valence-corrected chi connectivity index (χ4v) is 2.45. The second kappa shape index (κ2) is 8.40. The number of alkyl halides is 3. The molecule has 0 aliphatic rings. The molecule has 0 radical (unpaired) electrons. The Morgan fingerprint density at radius 1 is 1.04 bits per heavy atom. The zero-order valence-corrected chi connectivity index (χ0v) is 14.0. The van der Waals surface area contributed by atoms with Gasteiger partial charge < -0.3 is 10.1 Å². The van der Waals surface area contributed by atoms with Crippen LogP contribution in [0, 0.1) is 0 Å². The van der Waals surface area contributed by atoms with Gasteiger partial charge in [-0.05, 0) is 68.4 Å². The van der Waals surface area contributed by atoms with Crippen LogP contribution in [0.25, 0.3) is 0 Å². The number of halogens is 4. The van der Waals surface area contributed by atoms with Crippen LogP contribution in [0.3, 0.4) is 0 Å². The van der Waals surface area contributed by atoms with Gasteiger partial charge in [0, 0.05) is 5.02 Å². The van der Waals surface area contributed by atoms with E-state index in [0.717, 1.165) is 37.1 Å². The molecule has 0 aliphatic heterocycles. The minimum Gasteiger partial charge on any atom is -0.486 e. The van der Waals surface area contributed by atoms with Crippen molar-refractivity contribution in [2.45, 2.75) is 25.1 Å². The lowest BCUT2D eigenvalue weighted by atomic mass is 10.0. The summed E-state index contributed by atoms with van der Waals surface area (Å²) in [6.07, 6.45) is -2.97. The first-order valence-corrected chi connectivity index (χ1v) is 8.02. The van der Waals surface area contributed by atoms with E-state index in [0.29, 0.717) is 10.8 Å². The lowest BCUT2D eigenvalue weighted by Gasteiger charge is -2.20. The highest BCUT2D eigenvalue weighted by molar-refractivity contribution is 6.30. The Morgan fingerprint density at radius 2 is 1.67 bits per heavy atom. The van der Waals surface area contributed by atoms with Crippen LogP contribution in [0.2, 0.25) is 5.02 Å². The van der Waals surface area contributed by atoms with Crippen LogP contribution < -0.4 is 10.1 Å². The van der Waals surface area contributed by atoms with Gasteiger partial charge in [0.15, 0.2) is 0 Å². The summed E-state index contributed by atoms with van der Waals surface area (Å²) >= 11 is 5.91. The van der Waals surface area contributed by atoms with Crippen molar-refractivity contribution in [2.24, 2.45) is 0 Å². The SMILES string of the molecule is CNCCCC(Oc1ccc(C(F)(F)F)cc1)c1ccc(Cl)cc1. The molecule has 2 nitrogen and oxygen atoms in total. The molecule has 1 atom stereocenters. The standard InChI is InChI=1S/C18H19ClF3NO/c1-23-12-2-3-17(13-4-8-15(19)9-5-13)24-16-10-6-14(7-11-16)18(20,21)22/h4-11,17,23H,2-3,12H2,1H3. The van der Waals surface area contributed by atoms with Crippen LogP contribution in [0.15, 0.2) is 48.5 Å². The van der Waals surface area contributed by atoms with Crippen molar-refractivity contribution in [3.63, 3.8) is 0 Å². The van der Waals surface area contributed by atoms with Crippen molar-refractivity contribution in [1.29, 1.82) is 0 Å². The Labute approximate surface area is 144 Å². The van der Waals surface area contributed by atoms with Gasteiger partial charge in [-0.3, -0.25) is 0 Å². The molecule has 0 spiro atoms. The Kier molecular flexibility index (Phi) is 6.52. The molecule has 24 heavy (non-hydrogen) atoms. The predicted molar refractivity (Wildman–Crippen MR) is 89.4 cm³/mol. The molecule has 0 aliphatic carbocycles. The lowest BCUT2D eigenvalue weighted by Crippen LogP contribution is -2.13. The Morgan fingerprint density at radius 3 is 2.21 bits per heavy atom.